The molecule has 3 nitrogen and oxygen atoms in total. The Bertz CT molecular complexity index is 339. The summed E-state index contributed by atoms with van der Waals surface area (Å²) in [4.78, 5) is 10.7. The maximum atomic E-state index is 10.7. The molecule has 0 saturated heterocycles. The summed E-state index contributed by atoms with van der Waals surface area (Å²) in [6, 6.07) is 9.04. The van der Waals surface area contributed by atoms with Gasteiger partial charge in [-0.2, -0.15) is 0 Å². The van der Waals surface area contributed by atoms with Crippen molar-refractivity contribution >= 4 is 12.0 Å². The zero-order chi connectivity index (χ0) is 10.6. The fourth-order valence-electron chi connectivity index (χ4n) is 1.09. The van der Waals surface area contributed by atoms with E-state index in [2.05, 4.69) is 0 Å². The van der Waals surface area contributed by atoms with Gasteiger partial charge in [0.2, 0.25) is 0 Å². The number of benzene rings is 1. The van der Waals surface area contributed by atoms with Crippen LogP contribution in [0.2, 0.25) is 0 Å². The molecule has 0 unspecified atom stereocenters. The lowest BCUT2D eigenvalue weighted by Crippen LogP contribution is -2.13. The van der Waals surface area contributed by atoms with E-state index in [9.17, 15) is 9.90 Å². The van der Waals surface area contributed by atoms with Crippen molar-refractivity contribution in [1.29, 1.82) is 0 Å². The van der Waals surface area contributed by atoms with Crippen molar-refractivity contribution in [3.05, 3.63) is 41.5 Å². The number of aliphatic hydroxyl groups is 1. The maximum absolute atomic E-state index is 10.7. The second kappa shape index (κ2) is 4.58. The Hall–Kier alpha value is -1.61. The number of rotatable bonds is 3. The Morgan fingerprint density at radius 1 is 1.36 bits per heavy atom. The molecule has 2 N–H and O–H groups in total. The molecule has 0 bridgehead atoms. The SMILES string of the molecule is C[C@@H](O)/C(=C\c1ccccc1)C(=O)O. The summed E-state index contributed by atoms with van der Waals surface area (Å²) in [5.74, 6) is -1.09. The van der Waals surface area contributed by atoms with Gasteiger partial charge in [0.25, 0.3) is 0 Å². The summed E-state index contributed by atoms with van der Waals surface area (Å²) in [7, 11) is 0. The van der Waals surface area contributed by atoms with Crippen LogP contribution in [0.25, 0.3) is 6.08 Å². The minimum absolute atomic E-state index is 0.00352. The van der Waals surface area contributed by atoms with Crippen molar-refractivity contribution in [2.24, 2.45) is 0 Å². The van der Waals surface area contributed by atoms with E-state index < -0.39 is 12.1 Å². The van der Waals surface area contributed by atoms with E-state index in [1.807, 2.05) is 18.2 Å². The van der Waals surface area contributed by atoms with Crippen LogP contribution in [-0.2, 0) is 4.79 Å². The molecule has 0 aliphatic heterocycles. The van der Waals surface area contributed by atoms with Gasteiger partial charge >= 0.3 is 5.97 Å². The Balaban J connectivity index is 3.00. The van der Waals surface area contributed by atoms with Crippen LogP contribution in [0.15, 0.2) is 35.9 Å². The summed E-state index contributed by atoms with van der Waals surface area (Å²) in [6.45, 7) is 1.43. The molecule has 74 valence electrons. The second-order valence-electron chi connectivity index (χ2n) is 2.99. The fourth-order valence-corrected chi connectivity index (χ4v) is 1.09. The zero-order valence-electron chi connectivity index (χ0n) is 7.84. The molecule has 0 amide bonds. The summed E-state index contributed by atoms with van der Waals surface area (Å²) in [5, 5.41) is 18.0. The Labute approximate surface area is 82.3 Å². The molecular weight excluding hydrogens is 180 g/mol. The van der Waals surface area contributed by atoms with Crippen molar-refractivity contribution in [2.75, 3.05) is 0 Å². The van der Waals surface area contributed by atoms with Gasteiger partial charge in [-0.25, -0.2) is 4.79 Å². The smallest absolute Gasteiger partial charge is 0.334 e. The molecule has 0 spiro atoms. The summed E-state index contributed by atoms with van der Waals surface area (Å²) < 4.78 is 0. The van der Waals surface area contributed by atoms with E-state index >= 15 is 0 Å². The minimum Gasteiger partial charge on any atom is -0.478 e. The van der Waals surface area contributed by atoms with Crippen molar-refractivity contribution in [3.63, 3.8) is 0 Å². The molecule has 0 aromatic heterocycles. The molecule has 0 radical (unpaired) electrons. The van der Waals surface area contributed by atoms with Crippen molar-refractivity contribution < 1.29 is 15.0 Å². The van der Waals surface area contributed by atoms with Crippen LogP contribution in [-0.4, -0.2) is 22.3 Å². The van der Waals surface area contributed by atoms with Crippen LogP contribution >= 0.6 is 0 Å². The van der Waals surface area contributed by atoms with E-state index in [1.165, 1.54) is 13.0 Å². The molecule has 1 aromatic carbocycles. The van der Waals surface area contributed by atoms with Gasteiger partial charge in [-0.05, 0) is 18.6 Å². The van der Waals surface area contributed by atoms with Crippen LogP contribution in [0.4, 0.5) is 0 Å². The summed E-state index contributed by atoms with van der Waals surface area (Å²) in [5.41, 5.74) is 0.766. The standard InChI is InChI=1S/C11H12O3/c1-8(12)10(11(13)14)7-9-5-3-2-4-6-9/h2-8,12H,1H3,(H,13,14)/b10-7+/t8-/m1/s1. The molecule has 0 aliphatic carbocycles. The highest BCUT2D eigenvalue weighted by atomic mass is 16.4. The number of carboxylic acid groups (broad SMARTS) is 1. The fraction of sp³-hybridized carbons (Fsp3) is 0.182. The largest absolute Gasteiger partial charge is 0.478 e. The molecule has 1 aromatic rings. The second-order valence-corrected chi connectivity index (χ2v) is 2.99. The Kier molecular flexibility index (Phi) is 3.42. The first-order valence-corrected chi connectivity index (χ1v) is 4.29. The van der Waals surface area contributed by atoms with Crippen LogP contribution in [0.5, 0.6) is 0 Å². The van der Waals surface area contributed by atoms with Crippen LogP contribution in [0.1, 0.15) is 12.5 Å². The Morgan fingerprint density at radius 3 is 2.36 bits per heavy atom. The predicted octanol–water partition coefficient (Wildman–Crippen LogP) is 1.54. The predicted molar refractivity (Wildman–Crippen MR) is 53.7 cm³/mol. The van der Waals surface area contributed by atoms with Gasteiger partial charge in [0, 0.05) is 0 Å². The highest BCUT2D eigenvalue weighted by Gasteiger charge is 2.12. The highest BCUT2D eigenvalue weighted by molar-refractivity contribution is 5.93. The van der Waals surface area contributed by atoms with E-state index in [-0.39, 0.29) is 5.57 Å². The number of hydrogen-bond donors (Lipinski definition) is 2. The molecule has 1 atom stereocenters. The molecular formula is C11H12O3. The van der Waals surface area contributed by atoms with Crippen molar-refractivity contribution in [2.45, 2.75) is 13.0 Å². The molecule has 1 rings (SSSR count). The first kappa shape index (κ1) is 10.5. The lowest BCUT2D eigenvalue weighted by molar-refractivity contribution is -0.133. The van der Waals surface area contributed by atoms with Crippen LogP contribution in [0.3, 0.4) is 0 Å². The molecule has 0 saturated carbocycles. The molecule has 0 fully saturated rings. The van der Waals surface area contributed by atoms with Crippen molar-refractivity contribution in [1.82, 2.24) is 0 Å². The molecule has 3 heteroatoms. The maximum Gasteiger partial charge on any atom is 0.334 e. The van der Waals surface area contributed by atoms with Gasteiger partial charge in [-0.15, -0.1) is 0 Å². The van der Waals surface area contributed by atoms with Gasteiger partial charge in [0.15, 0.2) is 0 Å². The minimum atomic E-state index is -1.09. The zero-order valence-corrected chi connectivity index (χ0v) is 7.84. The van der Waals surface area contributed by atoms with E-state index in [1.54, 1.807) is 12.1 Å². The normalized spacial score (nSPS) is 13.7. The molecule has 14 heavy (non-hydrogen) atoms. The van der Waals surface area contributed by atoms with Crippen LogP contribution in [0, 0.1) is 0 Å². The van der Waals surface area contributed by atoms with Crippen LogP contribution < -0.4 is 0 Å². The van der Waals surface area contributed by atoms with E-state index in [4.69, 9.17) is 5.11 Å². The van der Waals surface area contributed by atoms with Gasteiger partial charge < -0.3 is 10.2 Å². The van der Waals surface area contributed by atoms with E-state index in [0.717, 1.165) is 5.56 Å². The number of carbonyl (C=O) groups is 1. The quantitative estimate of drug-likeness (QED) is 0.714. The number of carboxylic acids is 1. The highest BCUT2D eigenvalue weighted by Crippen LogP contribution is 2.09. The lowest BCUT2D eigenvalue weighted by Gasteiger charge is -2.04. The third-order valence-electron chi connectivity index (χ3n) is 1.82. The molecule has 0 heterocycles. The third-order valence-corrected chi connectivity index (χ3v) is 1.82. The van der Waals surface area contributed by atoms with E-state index in [0.29, 0.717) is 0 Å². The number of aliphatic hydroxyl groups excluding tert-OH is 1. The Morgan fingerprint density at radius 2 is 1.93 bits per heavy atom. The van der Waals surface area contributed by atoms with Gasteiger partial charge in [0.05, 0.1) is 11.7 Å². The molecule has 0 aliphatic rings. The number of aliphatic carboxylic acids is 1. The monoisotopic (exact) mass is 192 g/mol. The summed E-state index contributed by atoms with van der Waals surface area (Å²) >= 11 is 0. The average Bonchev–Trinajstić information content (AvgIpc) is 2.15. The van der Waals surface area contributed by atoms with Gasteiger partial charge in [0.1, 0.15) is 0 Å². The third kappa shape index (κ3) is 2.71. The summed E-state index contributed by atoms with van der Waals surface area (Å²) in [6.07, 6.45) is 0.500. The number of hydrogen-bond acceptors (Lipinski definition) is 2. The average molecular weight is 192 g/mol. The lowest BCUT2D eigenvalue weighted by atomic mass is 10.1. The van der Waals surface area contributed by atoms with Gasteiger partial charge in [-0.1, -0.05) is 30.3 Å². The van der Waals surface area contributed by atoms with Crippen molar-refractivity contribution in [3.8, 4) is 0 Å². The first-order chi connectivity index (χ1) is 6.61. The first-order valence-electron chi connectivity index (χ1n) is 4.29. The topological polar surface area (TPSA) is 57.5 Å². The van der Waals surface area contributed by atoms with Gasteiger partial charge in [-0.3, -0.25) is 0 Å².